The Hall–Kier alpha value is -3.83. The first-order valence-electron chi connectivity index (χ1n) is 17.0. The van der Waals surface area contributed by atoms with Gasteiger partial charge in [0, 0.05) is 16.3 Å². The van der Waals surface area contributed by atoms with Crippen LogP contribution >= 0.6 is 65.9 Å². The number of carbonyl (C=O) groups excluding carboxylic acids is 1. The number of nitrogens with zero attached hydrogens (tertiary/aromatic N) is 2. The fraction of sp³-hybridized carbons (Fsp3) is 0.262. The van der Waals surface area contributed by atoms with Crippen LogP contribution in [0.4, 0.5) is 11.4 Å². The fourth-order valence-corrected chi connectivity index (χ4v) is 8.96. The number of thiophene rings is 3. The number of halogens is 2. The Balaban J connectivity index is 0.000000207. The van der Waals surface area contributed by atoms with Gasteiger partial charge < -0.3 is 29.6 Å². The third kappa shape index (κ3) is 12.3. The average Bonchev–Trinajstić information content (AvgIpc) is 4.01. The van der Waals surface area contributed by atoms with E-state index in [1.165, 1.54) is 45.7 Å². The molecule has 0 radical (unpaired) electrons. The van der Waals surface area contributed by atoms with Crippen LogP contribution in [-0.4, -0.2) is 34.6 Å². The number of hydrogen-bond acceptors (Lipinski definition) is 12. The number of carbonyl (C=O) groups is 1. The van der Waals surface area contributed by atoms with E-state index in [0.29, 0.717) is 0 Å². The normalized spacial score (nSPS) is 13.4. The topological polar surface area (TPSA) is 140 Å². The SMILES string of the molecule is C.C.CC1(C)OB(c2ccc(N)cc2)OC1(C)C.Cc1cc(-c2cnco2)sc1-c1ccc(N)cc1.Cc1cc(-c2cnco2)sc1Br.Cc1cc(C=O)sc1Br. The van der Waals surface area contributed by atoms with Crippen molar-refractivity contribution in [3.8, 4) is 31.7 Å². The maximum absolute atomic E-state index is 10.2. The molecule has 57 heavy (non-hydrogen) atoms. The van der Waals surface area contributed by atoms with Gasteiger partial charge in [0.05, 0.1) is 45.8 Å². The first-order chi connectivity index (χ1) is 26.1. The summed E-state index contributed by atoms with van der Waals surface area (Å²) in [6, 6.07) is 21.6. The fourth-order valence-electron chi connectivity index (χ4n) is 4.95. The lowest BCUT2D eigenvalue weighted by Crippen LogP contribution is -2.41. The van der Waals surface area contributed by atoms with Crippen LogP contribution in [0.1, 0.15) is 68.9 Å². The second kappa shape index (κ2) is 20.7. The van der Waals surface area contributed by atoms with Gasteiger partial charge in [0.15, 0.2) is 30.6 Å². The zero-order valence-electron chi connectivity index (χ0n) is 31.4. The quantitative estimate of drug-likeness (QED) is 0.0980. The van der Waals surface area contributed by atoms with E-state index >= 15 is 0 Å². The second-order valence-electron chi connectivity index (χ2n) is 13.5. The molecule has 0 aliphatic carbocycles. The number of anilines is 2. The van der Waals surface area contributed by atoms with Crippen molar-refractivity contribution in [1.29, 1.82) is 0 Å². The number of nitrogens with two attached hydrogens (primary N) is 2. The summed E-state index contributed by atoms with van der Waals surface area (Å²) in [7, 11) is -0.300. The largest absolute Gasteiger partial charge is 0.494 e. The van der Waals surface area contributed by atoms with Gasteiger partial charge in [-0.2, -0.15) is 0 Å². The van der Waals surface area contributed by atoms with E-state index < -0.39 is 0 Å². The van der Waals surface area contributed by atoms with Gasteiger partial charge in [0.1, 0.15) is 0 Å². The zero-order chi connectivity index (χ0) is 39.9. The molecule has 302 valence electrons. The molecule has 1 saturated heterocycles. The number of oxazole rings is 2. The van der Waals surface area contributed by atoms with Crippen LogP contribution in [0.15, 0.2) is 108 Å². The highest BCUT2D eigenvalue weighted by Crippen LogP contribution is 2.39. The van der Waals surface area contributed by atoms with Crippen LogP contribution in [-0.2, 0) is 9.31 Å². The molecule has 8 rings (SSSR count). The number of hydrogen-bond donors (Lipinski definition) is 2. The van der Waals surface area contributed by atoms with Crippen molar-refractivity contribution < 1.29 is 22.9 Å². The van der Waals surface area contributed by atoms with E-state index in [0.717, 1.165) is 62.4 Å². The monoisotopic (exact) mass is 954 g/mol. The molecule has 0 amide bonds. The Morgan fingerprint density at radius 3 is 1.53 bits per heavy atom. The minimum absolute atomic E-state index is 0. The zero-order valence-corrected chi connectivity index (χ0v) is 37.0. The van der Waals surface area contributed by atoms with Crippen LogP contribution in [0, 0.1) is 20.8 Å². The van der Waals surface area contributed by atoms with E-state index in [9.17, 15) is 4.79 Å². The number of aldehydes is 1. The molecule has 0 unspecified atom stereocenters. The molecule has 5 aromatic heterocycles. The summed E-state index contributed by atoms with van der Waals surface area (Å²) in [5.41, 5.74) is 18.1. The van der Waals surface area contributed by atoms with E-state index in [1.807, 2.05) is 89.2 Å². The standard InChI is InChI=1S/C14H12N2OS.C12H18BNO2.C8H6BrNOS.C6H5BrOS.2CH4/c1-9-6-13(12-7-16-8-17-12)18-14(9)10-2-4-11(15)5-3-10;1-11(2)12(3,4)16-13(15-11)9-5-7-10(14)8-6-9;1-5-2-7(12-8(5)9)6-3-10-4-11-6;1-4-2-5(3-8)9-6(4)7;;/h2-8H,15H2,1H3;5-8H,14H2,1-4H3;2-4H,1H3;2-3H,1H3;2*1H4. The molecule has 0 saturated carbocycles. The van der Waals surface area contributed by atoms with Crippen LogP contribution < -0.4 is 16.9 Å². The van der Waals surface area contributed by atoms with Crippen molar-refractivity contribution in [2.75, 3.05) is 11.5 Å². The van der Waals surface area contributed by atoms with E-state index in [1.54, 1.807) is 35.1 Å². The summed E-state index contributed by atoms with van der Waals surface area (Å²) in [5.74, 6) is 1.64. The highest BCUT2D eigenvalue weighted by Gasteiger charge is 2.51. The Bertz CT molecular complexity index is 2230. The molecular weight excluding hydrogens is 907 g/mol. The van der Waals surface area contributed by atoms with Crippen molar-refractivity contribution in [3.63, 3.8) is 0 Å². The number of aryl methyl sites for hydroxylation is 3. The summed E-state index contributed by atoms with van der Waals surface area (Å²) in [5, 5.41) is 0. The van der Waals surface area contributed by atoms with Gasteiger partial charge in [-0.05, 0) is 151 Å². The maximum Gasteiger partial charge on any atom is 0.494 e. The molecule has 4 N–H and O–H groups in total. The first kappa shape index (κ1) is 47.5. The van der Waals surface area contributed by atoms with E-state index in [2.05, 4.69) is 67.8 Å². The molecule has 0 bridgehead atoms. The third-order valence-corrected chi connectivity index (χ3v) is 14.3. The molecule has 0 atom stereocenters. The Morgan fingerprint density at radius 2 is 1.12 bits per heavy atom. The van der Waals surface area contributed by atoms with Crippen molar-refractivity contribution in [2.45, 2.75) is 74.5 Å². The summed E-state index contributed by atoms with van der Waals surface area (Å²) < 4.78 is 24.5. The summed E-state index contributed by atoms with van der Waals surface area (Å²) in [6.07, 6.45) is 7.21. The molecule has 1 fully saturated rings. The summed E-state index contributed by atoms with van der Waals surface area (Å²) in [4.78, 5) is 22.2. The van der Waals surface area contributed by atoms with Gasteiger partial charge in [-0.25, -0.2) is 9.97 Å². The van der Waals surface area contributed by atoms with Gasteiger partial charge in [-0.3, -0.25) is 4.79 Å². The number of nitrogen functional groups attached to an aromatic ring is 2. The lowest BCUT2D eigenvalue weighted by Gasteiger charge is -2.32. The first-order valence-corrected chi connectivity index (χ1v) is 21.0. The van der Waals surface area contributed by atoms with Crippen LogP contribution in [0.3, 0.4) is 0 Å². The molecular formula is C42H49BBr2N4O5S3. The number of rotatable bonds is 5. The number of aromatic nitrogens is 2. The highest BCUT2D eigenvalue weighted by molar-refractivity contribution is 9.11. The molecule has 9 nitrogen and oxygen atoms in total. The van der Waals surface area contributed by atoms with Crippen LogP contribution in [0.25, 0.3) is 31.7 Å². The number of benzene rings is 2. The maximum atomic E-state index is 10.2. The molecule has 2 aromatic carbocycles. The minimum Gasteiger partial charge on any atom is -0.443 e. The Morgan fingerprint density at radius 1 is 0.667 bits per heavy atom. The summed E-state index contributed by atoms with van der Waals surface area (Å²) in [6.45, 7) is 14.3. The van der Waals surface area contributed by atoms with Crippen LogP contribution in [0.2, 0.25) is 0 Å². The molecule has 1 aliphatic rings. The molecule has 6 heterocycles. The van der Waals surface area contributed by atoms with Gasteiger partial charge in [-0.15, -0.1) is 34.0 Å². The predicted octanol–water partition coefficient (Wildman–Crippen LogP) is 12.9. The van der Waals surface area contributed by atoms with Gasteiger partial charge in [0.25, 0.3) is 0 Å². The van der Waals surface area contributed by atoms with Gasteiger partial charge in [-0.1, -0.05) is 39.1 Å². The van der Waals surface area contributed by atoms with Gasteiger partial charge in [0.2, 0.25) is 0 Å². The molecule has 7 aromatic rings. The Labute approximate surface area is 365 Å². The lowest BCUT2D eigenvalue weighted by molar-refractivity contribution is 0.00578. The van der Waals surface area contributed by atoms with Gasteiger partial charge >= 0.3 is 7.12 Å². The predicted molar refractivity (Wildman–Crippen MR) is 249 cm³/mol. The van der Waals surface area contributed by atoms with Crippen molar-refractivity contribution >= 4 is 96.1 Å². The van der Waals surface area contributed by atoms with Crippen molar-refractivity contribution in [1.82, 2.24) is 9.97 Å². The van der Waals surface area contributed by atoms with E-state index in [-0.39, 0.29) is 33.2 Å². The molecule has 0 spiro atoms. The molecule has 1 aliphatic heterocycles. The average molecular weight is 957 g/mol. The van der Waals surface area contributed by atoms with Crippen LogP contribution in [0.5, 0.6) is 0 Å². The summed E-state index contributed by atoms with van der Waals surface area (Å²) >= 11 is 11.6. The van der Waals surface area contributed by atoms with Crippen molar-refractivity contribution in [2.24, 2.45) is 0 Å². The second-order valence-corrected chi connectivity index (χ2v) is 19.3. The minimum atomic E-state index is -0.300. The third-order valence-electron chi connectivity index (χ3n) is 8.75. The Kier molecular flexibility index (Phi) is 17.3. The van der Waals surface area contributed by atoms with E-state index in [4.69, 9.17) is 29.6 Å². The lowest BCUT2D eigenvalue weighted by atomic mass is 9.79. The smallest absolute Gasteiger partial charge is 0.443 e. The highest BCUT2D eigenvalue weighted by atomic mass is 79.9. The van der Waals surface area contributed by atoms with Crippen molar-refractivity contribution in [3.05, 3.63) is 121 Å². The molecule has 15 heteroatoms.